The van der Waals surface area contributed by atoms with Crippen LogP contribution >= 0.6 is 7.60 Å². The molecule has 0 aromatic heterocycles. The lowest BCUT2D eigenvalue weighted by Gasteiger charge is -2.31. The van der Waals surface area contributed by atoms with Crippen molar-refractivity contribution in [1.29, 1.82) is 0 Å². The van der Waals surface area contributed by atoms with Crippen LogP contribution in [0.1, 0.15) is 6.92 Å². The van der Waals surface area contributed by atoms with Gasteiger partial charge in [0.15, 0.2) is 0 Å². The van der Waals surface area contributed by atoms with Gasteiger partial charge in [0, 0.05) is 17.8 Å². The van der Waals surface area contributed by atoms with E-state index < -0.39 is 7.60 Å². The van der Waals surface area contributed by atoms with Crippen LogP contribution in [0.25, 0.3) is 11.1 Å². The number of rotatable bonds is 0. The molecule has 4 N–H and O–H groups in total. The van der Waals surface area contributed by atoms with E-state index in [2.05, 4.69) is 0 Å². The highest BCUT2D eigenvalue weighted by Gasteiger charge is 2.26. The average molecular weight is 290 g/mol. The Morgan fingerprint density at radius 3 is 2.30 bits per heavy atom. The van der Waals surface area contributed by atoms with E-state index in [4.69, 9.17) is 15.7 Å². The summed E-state index contributed by atoms with van der Waals surface area (Å²) >= 11 is 0. The summed E-state index contributed by atoms with van der Waals surface area (Å²) in [6.07, 6.45) is 0. The first-order valence-electron chi connectivity index (χ1n) is 5.96. The van der Waals surface area contributed by atoms with E-state index in [9.17, 15) is 9.46 Å². The smallest absolute Gasteiger partial charge is 0.235 e. The summed E-state index contributed by atoms with van der Waals surface area (Å²) in [5.41, 5.74) is 6.34. The fourth-order valence-electron chi connectivity index (χ4n) is 1.89. The predicted molar refractivity (Wildman–Crippen MR) is 76.5 cm³/mol. The molecule has 1 heterocycles. The normalized spacial score (nSPS) is 18.7. The summed E-state index contributed by atoms with van der Waals surface area (Å²) in [7, 11) is -3.96. The van der Waals surface area contributed by atoms with Gasteiger partial charge in [0.1, 0.15) is 5.75 Å². The molecule has 0 spiro atoms. The molecule has 0 amide bonds. The van der Waals surface area contributed by atoms with Crippen molar-refractivity contribution < 1.29 is 19.4 Å². The van der Waals surface area contributed by atoms with Crippen LogP contribution in [0.4, 0.5) is 0 Å². The van der Waals surface area contributed by atoms with Gasteiger partial charge in [0.25, 0.3) is 0 Å². The summed E-state index contributed by atoms with van der Waals surface area (Å²) in [6, 6.07) is 14.0. The number of para-hydroxylation sites is 1. The average Bonchev–Trinajstić information content (AvgIpc) is 2.38. The summed E-state index contributed by atoms with van der Waals surface area (Å²) in [4.78, 5) is 11.8. The Balaban J connectivity index is 0.000000328. The Labute approximate surface area is 117 Å². The molecule has 3 rings (SSSR count). The molecule has 0 saturated carbocycles. The molecule has 20 heavy (non-hydrogen) atoms. The first-order valence-corrected chi connectivity index (χ1v) is 7.50. The highest BCUT2D eigenvalue weighted by molar-refractivity contribution is 7.60. The van der Waals surface area contributed by atoms with Crippen LogP contribution in [0.2, 0.25) is 0 Å². The van der Waals surface area contributed by atoms with Crippen LogP contribution in [0.5, 0.6) is 5.75 Å². The van der Waals surface area contributed by atoms with E-state index in [1.54, 1.807) is 37.3 Å². The topological polar surface area (TPSA) is 101 Å². The lowest BCUT2D eigenvalue weighted by Crippen LogP contribution is -2.43. The summed E-state index contributed by atoms with van der Waals surface area (Å²) in [5.74, 6) is 0.819. The van der Waals surface area contributed by atoms with Crippen molar-refractivity contribution in [2.45, 2.75) is 6.92 Å². The number of benzene rings is 2. The third-order valence-electron chi connectivity index (χ3n) is 2.59. The minimum Gasteiger partial charge on any atom is -0.765 e. The van der Waals surface area contributed by atoms with Crippen LogP contribution in [0.3, 0.4) is 0 Å². The molecular weight excluding hydrogens is 275 g/mol. The van der Waals surface area contributed by atoms with E-state index in [0.29, 0.717) is 17.1 Å². The maximum Gasteiger partial charge on any atom is 0.235 e. The van der Waals surface area contributed by atoms with Gasteiger partial charge in [-0.3, -0.25) is 15.7 Å². The van der Waals surface area contributed by atoms with Gasteiger partial charge in [-0.2, -0.15) is 0 Å². The fraction of sp³-hybridized carbons (Fsp3) is 0.0714. The third kappa shape index (κ3) is 2.90. The minimum atomic E-state index is -3.96. The quantitative estimate of drug-likeness (QED) is 0.406. The van der Waals surface area contributed by atoms with E-state index in [1.807, 2.05) is 18.2 Å². The van der Waals surface area contributed by atoms with Crippen molar-refractivity contribution in [3.63, 3.8) is 0 Å². The van der Waals surface area contributed by atoms with Crippen LogP contribution in [-0.2, 0) is 4.57 Å². The van der Waals surface area contributed by atoms with Gasteiger partial charge < -0.3 is 9.42 Å². The fourth-order valence-corrected chi connectivity index (χ4v) is 3.16. The van der Waals surface area contributed by atoms with Gasteiger partial charge in [0.05, 0.1) is 0 Å². The van der Waals surface area contributed by atoms with Gasteiger partial charge in [-0.15, -0.1) is 0 Å². The Kier molecular flexibility index (Phi) is 3.93. The number of hydrogen-bond acceptors (Lipinski definition) is 3. The molecule has 2 aromatic rings. The van der Waals surface area contributed by atoms with Crippen molar-refractivity contribution in [3.8, 4) is 16.9 Å². The second kappa shape index (κ2) is 5.49. The van der Waals surface area contributed by atoms with Crippen LogP contribution in [-0.4, -0.2) is 5.84 Å². The lowest BCUT2D eigenvalue weighted by atomic mass is 10.0. The second-order valence-corrected chi connectivity index (χ2v) is 6.01. The maximum absolute atomic E-state index is 11.8. The molecule has 0 fully saturated rings. The molecule has 0 saturated heterocycles. The Hall–Kier alpha value is -2.10. The zero-order valence-corrected chi connectivity index (χ0v) is 11.8. The highest BCUT2D eigenvalue weighted by atomic mass is 31.2. The van der Waals surface area contributed by atoms with Gasteiger partial charge >= 0.3 is 0 Å². The van der Waals surface area contributed by atoms with Crippen molar-refractivity contribution in [3.05, 3.63) is 48.5 Å². The highest BCUT2D eigenvalue weighted by Crippen LogP contribution is 2.48. The largest absolute Gasteiger partial charge is 0.765 e. The summed E-state index contributed by atoms with van der Waals surface area (Å²) < 4.78 is 16.9. The molecule has 1 aliphatic rings. The van der Waals surface area contributed by atoms with E-state index in [-0.39, 0.29) is 5.30 Å². The maximum atomic E-state index is 11.8. The van der Waals surface area contributed by atoms with Gasteiger partial charge in [-0.1, -0.05) is 36.4 Å². The molecule has 0 bridgehead atoms. The van der Waals surface area contributed by atoms with Gasteiger partial charge in [-0.05, 0) is 17.7 Å². The molecule has 2 aromatic carbocycles. The standard InChI is InChI=1S/C12H9O3P.C2H6N2/c13-16(14)12-8-4-2-6-10(12)9-5-1-3-7-11(9)15-16;1-2(3)4/h1-8H,(H,13,14);1H3,(H3,3,4). The molecule has 1 atom stereocenters. The van der Waals surface area contributed by atoms with E-state index >= 15 is 0 Å². The summed E-state index contributed by atoms with van der Waals surface area (Å²) in [5, 5.41) is 5.06. The molecule has 104 valence electrons. The van der Waals surface area contributed by atoms with Gasteiger partial charge in [-0.25, -0.2) is 0 Å². The number of nitrogens with two attached hydrogens (primary N) is 2. The van der Waals surface area contributed by atoms with Crippen molar-refractivity contribution >= 4 is 18.7 Å². The first kappa shape index (κ1) is 14.3. The number of fused-ring (bicyclic) bond motifs is 3. The van der Waals surface area contributed by atoms with Crippen molar-refractivity contribution in [2.75, 3.05) is 0 Å². The van der Waals surface area contributed by atoms with E-state index in [1.165, 1.54) is 0 Å². The first-order chi connectivity index (χ1) is 9.42. The minimum absolute atomic E-state index is 0.258. The van der Waals surface area contributed by atoms with Crippen LogP contribution in [0.15, 0.2) is 48.5 Å². The Morgan fingerprint density at radius 1 is 1.15 bits per heavy atom. The van der Waals surface area contributed by atoms with Gasteiger partial charge in [0.2, 0.25) is 13.4 Å². The van der Waals surface area contributed by atoms with Crippen LogP contribution < -0.4 is 25.9 Å². The van der Waals surface area contributed by atoms with Crippen molar-refractivity contribution in [2.24, 2.45) is 5.73 Å². The van der Waals surface area contributed by atoms with Crippen LogP contribution in [0, 0.1) is 0 Å². The Morgan fingerprint density at radius 2 is 1.65 bits per heavy atom. The zero-order valence-electron chi connectivity index (χ0n) is 10.9. The molecule has 0 aliphatic carbocycles. The predicted octanol–water partition coefficient (Wildman–Crippen LogP) is 0.0473. The number of hydrogen-bond donors (Lipinski definition) is 2. The van der Waals surface area contributed by atoms with Crippen molar-refractivity contribution in [1.82, 2.24) is 0 Å². The Bertz CT molecular complexity index is 696. The zero-order chi connectivity index (χ0) is 14.8. The molecule has 5 nitrogen and oxygen atoms in total. The van der Waals surface area contributed by atoms with E-state index in [0.717, 1.165) is 5.56 Å². The molecule has 1 unspecified atom stereocenters. The molecule has 1 aliphatic heterocycles. The molecule has 0 radical (unpaired) electrons. The summed E-state index contributed by atoms with van der Waals surface area (Å²) in [6.45, 7) is 1.64. The molecule has 6 heteroatoms. The monoisotopic (exact) mass is 290 g/mol. The lowest BCUT2D eigenvalue weighted by molar-refractivity contribution is -0.186. The third-order valence-corrected chi connectivity index (χ3v) is 4.01. The SMILES string of the molecule is CC(N)=[NH2+].O=P1([O-])Oc2ccccc2-c2ccccc21. The number of amidine groups is 1. The molecular formula is C14H15N2O3P. The second-order valence-electron chi connectivity index (χ2n) is 4.35.